The predicted octanol–water partition coefficient (Wildman–Crippen LogP) is 1.31. The number of hydrogen-bond acceptors (Lipinski definition) is 5. The van der Waals surface area contributed by atoms with Crippen molar-refractivity contribution in [2.24, 2.45) is 5.92 Å². The van der Waals surface area contributed by atoms with E-state index in [4.69, 9.17) is 4.74 Å². The average molecular weight is 341 g/mol. The highest BCUT2D eigenvalue weighted by Gasteiger charge is 2.33. The van der Waals surface area contributed by atoms with E-state index in [0.29, 0.717) is 12.1 Å². The number of amides is 1. The highest BCUT2D eigenvalue weighted by molar-refractivity contribution is 5.94. The molecule has 1 fully saturated rings. The molecule has 132 valence electrons. The molecule has 2 aromatic rings. The van der Waals surface area contributed by atoms with Crippen molar-refractivity contribution in [3.63, 3.8) is 0 Å². The monoisotopic (exact) mass is 341 g/mol. The molecule has 6 nitrogen and oxygen atoms in total. The largest absolute Gasteiger partial charge is 0.497 e. The van der Waals surface area contributed by atoms with Gasteiger partial charge in [0.1, 0.15) is 5.75 Å². The molecular formula is C19H23N3O3. The van der Waals surface area contributed by atoms with Crippen LogP contribution in [0.2, 0.25) is 0 Å². The van der Waals surface area contributed by atoms with E-state index in [0.717, 1.165) is 18.8 Å². The number of rotatable bonds is 6. The van der Waals surface area contributed by atoms with Gasteiger partial charge in [-0.1, -0.05) is 12.1 Å². The van der Waals surface area contributed by atoms with Gasteiger partial charge in [0.25, 0.3) is 5.91 Å². The summed E-state index contributed by atoms with van der Waals surface area (Å²) >= 11 is 0. The first-order valence-corrected chi connectivity index (χ1v) is 8.36. The van der Waals surface area contributed by atoms with Crippen molar-refractivity contribution >= 4 is 5.91 Å². The Labute approximate surface area is 147 Å². The number of likely N-dealkylation sites (tertiary alicyclic amines) is 1. The molecule has 0 aliphatic carbocycles. The first kappa shape index (κ1) is 17.4. The van der Waals surface area contributed by atoms with E-state index >= 15 is 0 Å². The minimum Gasteiger partial charge on any atom is -0.497 e. The van der Waals surface area contributed by atoms with Crippen LogP contribution in [0.15, 0.2) is 48.8 Å². The van der Waals surface area contributed by atoms with Crippen LogP contribution in [0.3, 0.4) is 0 Å². The lowest BCUT2D eigenvalue weighted by molar-refractivity contribution is 0.0920. The lowest BCUT2D eigenvalue weighted by atomic mass is 10.0. The molecule has 1 aliphatic heterocycles. The van der Waals surface area contributed by atoms with Gasteiger partial charge in [0, 0.05) is 50.6 Å². The summed E-state index contributed by atoms with van der Waals surface area (Å²) in [6.45, 7) is 2.29. The zero-order chi connectivity index (χ0) is 17.6. The van der Waals surface area contributed by atoms with E-state index in [9.17, 15) is 9.90 Å². The van der Waals surface area contributed by atoms with Crippen LogP contribution >= 0.6 is 0 Å². The zero-order valence-corrected chi connectivity index (χ0v) is 14.3. The SMILES string of the molecule is COc1ccc(CN2C[C@@H](CO)[C@H](NC(=O)c3cccnc3)C2)cc1. The normalized spacial score (nSPS) is 20.4. The molecule has 1 aromatic carbocycles. The van der Waals surface area contributed by atoms with Gasteiger partial charge >= 0.3 is 0 Å². The maximum atomic E-state index is 12.3. The second-order valence-electron chi connectivity index (χ2n) is 6.31. The minimum atomic E-state index is -0.150. The van der Waals surface area contributed by atoms with Gasteiger partial charge < -0.3 is 15.2 Å². The van der Waals surface area contributed by atoms with Crippen LogP contribution in [0.1, 0.15) is 15.9 Å². The minimum absolute atomic E-state index is 0.0267. The highest BCUT2D eigenvalue weighted by Crippen LogP contribution is 2.21. The van der Waals surface area contributed by atoms with Gasteiger partial charge in [-0.2, -0.15) is 0 Å². The molecule has 2 N–H and O–H groups in total. The molecular weight excluding hydrogens is 318 g/mol. The molecule has 2 atom stereocenters. The maximum Gasteiger partial charge on any atom is 0.253 e. The first-order chi connectivity index (χ1) is 12.2. The molecule has 25 heavy (non-hydrogen) atoms. The fourth-order valence-electron chi connectivity index (χ4n) is 3.18. The van der Waals surface area contributed by atoms with Gasteiger partial charge in [0.15, 0.2) is 0 Å². The van der Waals surface area contributed by atoms with Gasteiger partial charge in [-0.15, -0.1) is 0 Å². The van der Waals surface area contributed by atoms with E-state index in [1.807, 2.05) is 24.3 Å². The first-order valence-electron chi connectivity index (χ1n) is 8.36. The summed E-state index contributed by atoms with van der Waals surface area (Å²) < 4.78 is 5.18. The summed E-state index contributed by atoms with van der Waals surface area (Å²) in [5.41, 5.74) is 1.71. The van der Waals surface area contributed by atoms with Crippen LogP contribution in [-0.4, -0.2) is 53.7 Å². The van der Waals surface area contributed by atoms with Gasteiger partial charge in [0.05, 0.1) is 12.7 Å². The number of hydrogen-bond donors (Lipinski definition) is 2. The summed E-state index contributed by atoms with van der Waals surface area (Å²) in [7, 11) is 1.65. The van der Waals surface area contributed by atoms with Crippen molar-refractivity contribution in [3.8, 4) is 5.75 Å². The Bertz CT molecular complexity index is 691. The molecule has 0 radical (unpaired) electrons. The number of aliphatic hydroxyl groups is 1. The standard InChI is InChI=1S/C19H23N3O3/c1-25-17-6-4-14(5-7-17)10-22-11-16(13-23)18(12-22)21-19(24)15-3-2-8-20-9-15/h2-9,16,18,23H,10-13H2,1H3,(H,21,24)/t16-,18+/m0/s1. The Morgan fingerprint density at radius 3 is 2.76 bits per heavy atom. The van der Waals surface area contributed by atoms with E-state index < -0.39 is 0 Å². The molecule has 0 unspecified atom stereocenters. The Kier molecular flexibility index (Phi) is 5.63. The van der Waals surface area contributed by atoms with Crippen LogP contribution in [0.5, 0.6) is 5.75 Å². The third-order valence-corrected chi connectivity index (χ3v) is 4.56. The average Bonchev–Trinajstić information content (AvgIpc) is 3.04. The summed E-state index contributed by atoms with van der Waals surface area (Å²) in [5, 5.41) is 12.7. The quantitative estimate of drug-likeness (QED) is 0.829. The zero-order valence-electron chi connectivity index (χ0n) is 14.3. The van der Waals surface area contributed by atoms with E-state index in [2.05, 4.69) is 15.2 Å². The van der Waals surface area contributed by atoms with Crippen molar-refractivity contribution < 1.29 is 14.6 Å². The van der Waals surface area contributed by atoms with Gasteiger partial charge in [-0.3, -0.25) is 14.7 Å². The number of benzene rings is 1. The number of nitrogens with zero attached hydrogens (tertiary/aromatic N) is 2. The number of nitrogens with one attached hydrogen (secondary N) is 1. The molecule has 3 rings (SSSR count). The summed E-state index contributed by atoms with van der Waals surface area (Å²) in [6, 6.07) is 11.4. The second kappa shape index (κ2) is 8.09. The Morgan fingerprint density at radius 2 is 2.12 bits per heavy atom. The lowest BCUT2D eigenvalue weighted by Crippen LogP contribution is -2.41. The number of carbonyl (C=O) groups excluding carboxylic acids is 1. The van der Waals surface area contributed by atoms with Crippen LogP contribution in [0.4, 0.5) is 0 Å². The predicted molar refractivity (Wildman–Crippen MR) is 94.3 cm³/mol. The number of aromatic nitrogens is 1. The molecule has 0 spiro atoms. The highest BCUT2D eigenvalue weighted by atomic mass is 16.5. The van der Waals surface area contributed by atoms with Gasteiger partial charge in [-0.25, -0.2) is 0 Å². The second-order valence-corrected chi connectivity index (χ2v) is 6.31. The van der Waals surface area contributed by atoms with Crippen molar-refractivity contribution in [2.45, 2.75) is 12.6 Å². The fraction of sp³-hybridized carbons (Fsp3) is 0.368. The van der Waals surface area contributed by atoms with Crippen LogP contribution in [0, 0.1) is 5.92 Å². The molecule has 1 amide bonds. The topological polar surface area (TPSA) is 74.7 Å². The van der Waals surface area contributed by atoms with Crippen LogP contribution in [0.25, 0.3) is 0 Å². The third kappa shape index (κ3) is 4.35. The molecule has 0 bridgehead atoms. The Hall–Kier alpha value is -2.44. The fourth-order valence-corrected chi connectivity index (χ4v) is 3.18. The van der Waals surface area contributed by atoms with Crippen molar-refractivity contribution in [2.75, 3.05) is 26.8 Å². The van der Waals surface area contributed by atoms with Crippen LogP contribution < -0.4 is 10.1 Å². The molecule has 2 heterocycles. The maximum absolute atomic E-state index is 12.3. The third-order valence-electron chi connectivity index (χ3n) is 4.56. The number of ether oxygens (including phenoxy) is 1. The number of methoxy groups -OCH3 is 1. The molecule has 1 aromatic heterocycles. The lowest BCUT2D eigenvalue weighted by Gasteiger charge is -2.18. The Balaban J connectivity index is 1.60. The van der Waals surface area contributed by atoms with Gasteiger partial charge in [-0.05, 0) is 29.8 Å². The summed E-state index contributed by atoms with van der Waals surface area (Å²) in [4.78, 5) is 18.6. The van der Waals surface area contributed by atoms with E-state index in [1.165, 1.54) is 5.56 Å². The van der Waals surface area contributed by atoms with E-state index in [1.54, 1.807) is 31.6 Å². The molecule has 1 saturated heterocycles. The van der Waals surface area contributed by atoms with Crippen LogP contribution in [-0.2, 0) is 6.54 Å². The van der Waals surface area contributed by atoms with Crippen molar-refractivity contribution in [1.82, 2.24) is 15.2 Å². The number of pyridine rings is 1. The van der Waals surface area contributed by atoms with Gasteiger partial charge in [0.2, 0.25) is 0 Å². The molecule has 0 saturated carbocycles. The smallest absolute Gasteiger partial charge is 0.253 e. The van der Waals surface area contributed by atoms with E-state index in [-0.39, 0.29) is 24.5 Å². The molecule has 6 heteroatoms. The Morgan fingerprint density at radius 1 is 1.32 bits per heavy atom. The van der Waals surface area contributed by atoms with Crippen molar-refractivity contribution in [3.05, 3.63) is 59.9 Å². The van der Waals surface area contributed by atoms with Crippen molar-refractivity contribution in [1.29, 1.82) is 0 Å². The summed E-state index contributed by atoms with van der Waals surface area (Å²) in [6.07, 6.45) is 3.19. The number of aliphatic hydroxyl groups excluding tert-OH is 1. The summed E-state index contributed by atoms with van der Waals surface area (Å²) in [5.74, 6) is 0.710. The number of carbonyl (C=O) groups is 1. The molecule has 1 aliphatic rings.